The summed E-state index contributed by atoms with van der Waals surface area (Å²) >= 11 is 6.74. The Morgan fingerprint density at radius 1 is 1.19 bits per heavy atom. The molecule has 0 N–H and O–H groups in total. The molecule has 0 unspecified atom stereocenters. The van der Waals surface area contributed by atoms with E-state index in [2.05, 4.69) is 13.0 Å². The second kappa shape index (κ2) is 5.34. The van der Waals surface area contributed by atoms with Crippen LogP contribution < -0.4 is 0 Å². The largest absolute Gasteiger partial charge is 0.299 e. The monoisotopic (exact) mass is 372 g/mol. The summed E-state index contributed by atoms with van der Waals surface area (Å²) in [5, 5.41) is 0.828. The third-order valence-corrected chi connectivity index (χ3v) is 9.96. The maximum Gasteiger partial charge on any atom is 0.156 e. The van der Waals surface area contributed by atoms with Gasteiger partial charge in [-0.05, 0) is 85.2 Å². The molecule has 4 atom stereocenters. The van der Waals surface area contributed by atoms with E-state index in [0.717, 1.165) is 29.9 Å². The molecule has 0 aliphatic heterocycles. The highest BCUT2D eigenvalue weighted by Crippen LogP contribution is 2.80. The van der Waals surface area contributed by atoms with Crippen molar-refractivity contribution in [2.75, 3.05) is 0 Å². The van der Waals surface area contributed by atoms with Crippen molar-refractivity contribution >= 4 is 23.2 Å². The zero-order valence-electron chi connectivity index (χ0n) is 15.9. The van der Waals surface area contributed by atoms with Crippen LogP contribution >= 0.6 is 11.6 Å². The molecule has 2 nitrogen and oxygen atoms in total. The van der Waals surface area contributed by atoms with E-state index in [1.165, 1.54) is 25.7 Å². The molecule has 2 bridgehead atoms. The van der Waals surface area contributed by atoms with E-state index < -0.39 is 0 Å². The number of fused-ring (bicyclic) bond motifs is 3. The number of hydrogen-bond acceptors (Lipinski definition) is 2. The zero-order valence-corrected chi connectivity index (χ0v) is 16.7. The quantitative estimate of drug-likeness (QED) is 0.632. The fraction of sp³-hybridized carbons (Fsp3) is 0.739. The van der Waals surface area contributed by atoms with Gasteiger partial charge in [-0.15, -0.1) is 0 Å². The maximum atomic E-state index is 13.1. The smallest absolute Gasteiger partial charge is 0.156 e. The number of Topliss-reactive ketones (excluding diaryl/α,β-unsaturated/α-hetero) is 1. The number of carbonyl (C=O) groups excluding carboxylic acids is 2. The third kappa shape index (κ3) is 1.76. The molecule has 0 radical (unpaired) electrons. The molecule has 0 aromatic carbocycles. The second-order valence-corrected chi connectivity index (χ2v) is 10.2. The van der Waals surface area contributed by atoms with Crippen LogP contribution in [0.1, 0.15) is 71.6 Å². The van der Waals surface area contributed by atoms with Gasteiger partial charge >= 0.3 is 0 Å². The number of ketones is 2. The minimum absolute atomic E-state index is 0.0777. The van der Waals surface area contributed by atoms with Crippen molar-refractivity contribution in [3.05, 3.63) is 22.8 Å². The lowest BCUT2D eigenvalue weighted by Crippen LogP contribution is -2.53. The van der Waals surface area contributed by atoms with Crippen LogP contribution in [0.4, 0.5) is 0 Å². The highest BCUT2D eigenvalue weighted by Gasteiger charge is 2.75. The molecule has 5 aliphatic rings. The molecule has 5 aliphatic carbocycles. The van der Waals surface area contributed by atoms with Crippen molar-refractivity contribution < 1.29 is 9.59 Å². The predicted octanol–water partition coefficient (Wildman–Crippen LogP) is 5.60. The lowest BCUT2D eigenvalue weighted by atomic mass is 9.46. The fourth-order valence-corrected chi connectivity index (χ4v) is 8.68. The van der Waals surface area contributed by atoms with Gasteiger partial charge in [0, 0.05) is 23.3 Å². The number of halogens is 1. The molecule has 0 saturated heterocycles. The van der Waals surface area contributed by atoms with Crippen molar-refractivity contribution in [1.29, 1.82) is 0 Å². The van der Waals surface area contributed by atoms with Gasteiger partial charge in [-0.1, -0.05) is 31.5 Å². The van der Waals surface area contributed by atoms with Gasteiger partial charge in [-0.25, -0.2) is 0 Å². The Balaban J connectivity index is 1.62. The Morgan fingerprint density at radius 3 is 2.62 bits per heavy atom. The highest BCUT2D eigenvalue weighted by atomic mass is 35.5. The summed E-state index contributed by atoms with van der Waals surface area (Å²) in [4.78, 5) is 25.0. The Bertz CT molecular complexity index is 752. The molecule has 140 valence electrons. The average molecular weight is 373 g/mol. The molecule has 0 aromatic rings. The summed E-state index contributed by atoms with van der Waals surface area (Å²) < 4.78 is 0. The minimum Gasteiger partial charge on any atom is -0.299 e. The summed E-state index contributed by atoms with van der Waals surface area (Å²) in [6.45, 7) is 4.48. The summed E-state index contributed by atoms with van der Waals surface area (Å²) in [5.74, 6) is 2.28. The summed E-state index contributed by atoms with van der Waals surface area (Å²) in [6, 6.07) is 0. The van der Waals surface area contributed by atoms with Gasteiger partial charge in [-0.2, -0.15) is 0 Å². The van der Waals surface area contributed by atoms with E-state index in [0.29, 0.717) is 36.4 Å². The van der Waals surface area contributed by atoms with Gasteiger partial charge in [0.2, 0.25) is 0 Å². The first-order valence-corrected chi connectivity index (χ1v) is 10.9. The van der Waals surface area contributed by atoms with Crippen molar-refractivity contribution in [2.45, 2.75) is 71.6 Å². The number of hydrogen-bond donors (Lipinski definition) is 0. The van der Waals surface area contributed by atoms with E-state index in [1.54, 1.807) is 0 Å². The number of carbonyl (C=O) groups is 2. The predicted molar refractivity (Wildman–Crippen MR) is 103 cm³/mol. The summed E-state index contributed by atoms with van der Waals surface area (Å²) in [7, 11) is 0. The first kappa shape index (κ1) is 17.2. The van der Waals surface area contributed by atoms with Crippen LogP contribution in [0.25, 0.3) is 0 Å². The first-order valence-electron chi connectivity index (χ1n) is 10.5. The van der Waals surface area contributed by atoms with Gasteiger partial charge in [-0.3, -0.25) is 9.59 Å². The Morgan fingerprint density at radius 2 is 1.92 bits per heavy atom. The molecular weight excluding hydrogens is 344 g/mol. The molecular formula is C23H29ClO2. The van der Waals surface area contributed by atoms with Crippen LogP contribution in [0.5, 0.6) is 0 Å². The Labute approximate surface area is 161 Å². The molecule has 5 rings (SSSR count). The topological polar surface area (TPSA) is 34.1 Å². The third-order valence-electron chi connectivity index (χ3n) is 9.62. The van der Waals surface area contributed by atoms with Crippen LogP contribution in [-0.2, 0) is 9.59 Å². The molecule has 0 spiro atoms. The molecule has 3 fully saturated rings. The van der Waals surface area contributed by atoms with Crippen LogP contribution in [0.15, 0.2) is 22.8 Å². The van der Waals surface area contributed by atoms with Crippen molar-refractivity contribution in [3.8, 4) is 0 Å². The van der Waals surface area contributed by atoms with E-state index in [-0.39, 0.29) is 22.0 Å². The molecule has 0 amide bonds. The van der Waals surface area contributed by atoms with Gasteiger partial charge in [0.1, 0.15) is 5.78 Å². The zero-order chi connectivity index (χ0) is 18.3. The van der Waals surface area contributed by atoms with Gasteiger partial charge in [0.15, 0.2) is 5.78 Å². The van der Waals surface area contributed by atoms with Crippen molar-refractivity contribution in [1.82, 2.24) is 0 Å². The van der Waals surface area contributed by atoms with Crippen LogP contribution in [-0.4, -0.2) is 11.6 Å². The fourth-order valence-electron chi connectivity index (χ4n) is 8.35. The molecule has 0 aromatic heterocycles. The Kier molecular flexibility index (Phi) is 3.54. The van der Waals surface area contributed by atoms with E-state index >= 15 is 0 Å². The Hall–Kier alpha value is -0.890. The van der Waals surface area contributed by atoms with E-state index in [9.17, 15) is 9.59 Å². The SMILES string of the molecule is CCC(=O)C12CCC3(CC1)[C@@H]1C=C(Cl)C4=CC(=O)CC[C@@H]4[C@H]1CC[C@]23C. The molecule has 26 heavy (non-hydrogen) atoms. The van der Waals surface area contributed by atoms with Gasteiger partial charge in [0.25, 0.3) is 0 Å². The molecule has 3 heteroatoms. The first-order chi connectivity index (χ1) is 12.4. The lowest BCUT2D eigenvalue weighted by molar-refractivity contribution is -0.138. The lowest BCUT2D eigenvalue weighted by Gasteiger charge is -2.58. The second-order valence-electron chi connectivity index (χ2n) is 9.80. The molecule has 3 saturated carbocycles. The average Bonchev–Trinajstić information content (AvgIpc) is 3.06. The standard InChI is InChI=1S/C23H29ClO2/c1-3-20(26)23-10-8-22(9-11-23)18-13-19(24)17-12-14(25)4-5-15(17)16(18)6-7-21(22,23)2/h12-13,15-16,18H,3-11H2,1-2H3/t15-,16-,18-,21+,22?,23?/m1/s1. The van der Waals surface area contributed by atoms with Crippen LogP contribution in [0, 0.1) is 34.0 Å². The normalized spacial score (nSPS) is 49.0. The maximum absolute atomic E-state index is 13.1. The van der Waals surface area contributed by atoms with Crippen LogP contribution in [0.2, 0.25) is 0 Å². The van der Waals surface area contributed by atoms with Crippen molar-refractivity contribution in [2.24, 2.45) is 34.0 Å². The highest BCUT2D eigenvalue weighted by molar-refractivity contribution is 6.32. The van der Waals surface area contributed by atoms with Gasteiger partial charge in [0.05, 0.1) is 0 Å². The summed E-state index contributed by atoms with van der Waals surface area (Å²) in [5.41, 5.74) is 1.41. The van der Waals surface area contributed by atoms with E-state index in [1.807, 2.05) is 13.0 Å². The van der Waals surface area contributed by atoms with Crippen LogP contribution in [0.3, 0.4) is 0 Å². The van der Waals surface area contributed by atoms with Crippen molar-refractivity contribution in [3.63, 3.8) is 0 Å². The number of rotatable bonds is 2. The summed E-state index contributed by atoms with van der Waals surface area (Å²) in [6.07, 6.45) is 13.3. The number of allylic oxidation sites excluding steroid dienone is 4. The minimum atomic E-state index is -0.0777. The van der Waals surface area contributed by atoms with E-state index in [4.69, 9.17) is 11.6 Å². The molecule has 0 heterocycles. The van der Waals surface area contributed by atoms with Gasteiger partial charge < -0.3 is 0 Å².